The highest BCUT2D eigenvalue weighted by Crippen LogP contribution is 2.20. The number of nitrogens with zero attached hydrogens (tertiary/aromatic N) is 3. The predicted octanol–water partition coefficient (Wildman–Crippen LogP) is 1.70. The van der Waals surface area contributed by atoms with Gasteiger partial charge in [-0.2, -0.15) is 5.26 Å². The van der Waals surface area contributed by atoms with Gasteiger partial charge < -0.3 is 20.1 Å². The third kappa shape index (κ3) is 6.23. The molecule has 0 saturated carbocycles. The first-order valence-corrected chi connectivity index (χ1v) is 12.2. The fourth-order valence-electron chi connectivity index (χ4n) is 3.86. The molecular weight excluding hydrogens is 452 g/mol. The number of carbonyl (C=O) groups excluding carboxylic acids is 1. The third-order valence-electron chi connectivity index (χ3n) is 5.61. The maximum atomic E-state index is 12.9. The molecule has 0 bridgehead atoms. The molecule has 3 rings (SSSR count). The molecule has 1 fully saturated rings. The van der Waals surface area contributed by atoms with Crippen LogP contribution >= 0.6 is 11.3 Å². The molecule has 1 unspecified atom stereocenters. The Bertz CT molecular complexity index is 1230. The lowest BCUT2D eigenvalue weighted by atomic mass is 10.1. The maximum Gasteiger partial charge on any atom is 0.352 e. The molecular formula is C25H30N4O4S. The Balaban J connectivity index is 1.86. The average molecular weight is 483 g/mol. The largest absolute Gasteiger partial charge is 0.457 e. The fourth-order valence-corrected chi connectivity index (χ4v) is 4.93. The Morgan fingerprint density at radius 3 is 2.82 bits per heavy atom. The van der Waals surface area contributed by atoms with Gasteiger partial charge in [-0.15, -0.1) is 11.3 Å². The van der Waals surface area contributed by atoms with E-state index in [-0.39, 0.29) is 22.4 Å². The first-order valence-electron chi connectivity index (χ1n) is 11.4. The van der Waals surface area contributed by atoms with Crippen molar-refractivity contribution in [2.45, 2.75) is 38.8 Å². The zero-order valence-corrected chi connectivity index (χ0v) is 20.1. The number of benzene rings is 1. The van der Waals surface area contributed by atoms with Gasteiger partial charge in [-0.05, 0) is 50.6 Å². The van der Waals surface area contributed by atoms with Crippen LogP contribution in [0.2, 0.25) is 0 Å². The van der Waals surface area contributed by atoms with Gasteiger partial charge in [0.25, 0.3) is 5.56 Å². The van der Waals surface area contributed by atoms with Crippen molar-refractivity contribution in [2.24, 2.45) is 0 Å². The van der Waals surface area contributed by atoms with Crippen LogP contribution in [0.4, 0.5) is 5.69 Å². The van der Waals surface area contributed by atoms with E-state index in [2.05, 4.69) is 16.8 Å². The summed E-state index contributed by atoms with van der Waals surface area (Å²) in [7, 11) is 0. The minimum atomic E-state index is -0.791. The van der Waals surface area contributed by atoms with Crippen molar-refractivity contribution < 1.29 is 14.6 Å². The van der Waals surface area contributed by atoms with Crippen LogP contribution in [0.3, 0.4) is 0 Å². The predicted molar refractivity (Wildman–Crippen MR) is 133 cm³/mol. The van der Waals surface area contributed by atoms with E-state index in [9.17, 15) is 20.0 Å². The van der Waals surface area contributed by atoms with E-state index in [4.69, 9.17) is 4.74 Å². The van der Waals surface area contributed by atoms with E-state index in [0.29, 0.717) is 17.6 Å². The Morgan fingerprint density at radius 2 is 2.15 bits per heavy atom. The Labute approximate surface area is 202 Å². The smallest absolute Gasteiger partial charge is 0.352 e. The number of esters is 1. The van der Waals surface area contributed by atoms with Crippen molar-refractivity contribution in [3.63, 3.8) is 0 Å². The Kier molecular flexibility index (Phi) is 9.22. The van der Waals surface area contributed by atoms with Gasteiger partial charge in [-0.3, -0.25) is 9.36 Å². The Morgan fingerprint density at radius 1 is 1.38 bits per heavy atom. The van der Waals surface area contributed by atoms with Gasteiger partial charge in [0.15, 0.2) is 5.57 Å². The molecule has 8 nitrogen and oxygen atoms in total. The lowest BCUT2D eigenvalue weighted by molar-refractivity contribution is -0.135. The number of thiazole rings is 1. The summed E-state index contributed by atoms with van der Waals surface area (Å²) >= 11 is 1.05. The Hall–Kier alpha value is -3.19. The number of hydrogen-bond donors (Lipinski definition) is 2. The van der Waals surface area contributed by atoms with Crippen molar-refractivity contribution in [1.29, 1.82) is 5.26 Å². The second-order valence-electron chi connectivity index (χ2n) is 7.99. The molecule has 2 aromatic rings. The number of likely N-dealkylation sites (tertiary alicyclic amines) is 1. The summed E-state index contributed by atoms with van der Waals surface area (Å²) in [6, 6.07) is 9.31. The number of nitrogens with one attached hydrogen (secondary N) is 1. The number of aromatic nitrogens is 1. The summed E-state index contributed by atoms with van der Waals surface area (Å²) in [6.45, 7) is 8.15. The molecule has 1 aromatic carbocycles. The topological polar surface area (TPSA) is 108 Å². The summed E-state index contributed by atoms with van der Waals surface area (Å²) in [5.74, 6) is -0.791. The van der Waals surface area contributed by atoms with Gasteiger partial charge in [0.2, 0.25) is 0 Å². The molecule has 0 amide bonds. The van der Waals surface area contributed by atoms with Gasteiger partial charge in [-0.1, -0.05) is 31.2 Å². The van der Waals surface area contributed by atoms with Crippen molar-refractivity contribution in [2.75, 3.05) is 31.6 Å². The molecule has 34 heavy (non-hydrogen) atoms. The van der Waals surface area contributed by atoms with Crippen molar-refractivity contribution in [3.8, 4) is 6.07 Å². The number of rotatable bonds is 9. The highest BCUT2D eigenvalue weighted by atomic mass is 32.1. The van der Waals surface area contributed by atoms with Crippen LogP contribution in [0, 0.1) is 11.3 Å². The van der Waals surface area contributed by atoms with Gasteiger partial charge in [0.1, 0.15) is 21.9 Å². The second kappa shape index (κ2) is 12.3. The van der Waals surface area contributed by atoms with Gasteiger partial charge in [0.05, 0.1) is 6.10 Å². The minimum Gasteiger partial charge on any atom is -0.457 e. The van der Waals surface area contributed by atoms with Crippen LogP contribution in [-0.4, -0.2) is 46.8 Å². The third-order valence-corrected chi connectivity index (χ3v) is 6.74. The second-order valence-corrected chi connectivity index (χ2v) is 9.02. The lowest BCUT2D eigenvalue weighted by Gasteiger charge is -2.28. The molecule has 1 aliphatic rings. The molecule has 1 atom stereocenters. The molecule has 2 heterocycles. The molecule has 0 radical (unpaired) electrons. The van der Waals surface area contributed by atoms with E-state index in [0.717, 1.165) is 48.5 Å². The fraction of sp³-hybridized carbons (Fsp3) is 0.400. The quantitative estimate of drug-likeness (QED) is 0.414. The SMILES string of the molecule is C=CCOC(=O)/C(C#N)=c1\s/c(=C/Nc2cccc(C(O)CN3CCCCC3)c2)c(=O)n1CC. The van der Waals surface area contributed by atoms with Crippen LogP contribution in [-0.2, 0) is 16.1 Å². The first kappa shape index (κ1) is 25.4. The number of β-amino-alcohol motifs (C(OH)–C–C–N with tert-alkyl or cyclic N) is 1. The molecule has 2 N–H and O–H groups in total. The van der Waals surface area contributed by atoms with E-state index >= 15 is 0 Å². The number of aliphatic hydroxyl groups is 1. The highest BCUT2D eigenvalue weighted by molar-refractivity contribution is 7.07. The molecule has 1 aromatic heterocycles. The number of anilines is 1. The standard InChI is InChI=1S/C25H30N4O4S/c1-3-13-33-25(32)20(15-26)24-29(4-2)23(31)22(34-24)16-27-19-10-8-9-18(14-19)21(30)17-28-11-6-5-7-12-28/h3,8-10,14,16,21,27,30H,1,4-7,11-13,17H2,2H3/b22-16+,24-20-. The van der Waals surface area contributed by atoms with Crippen molar-refractivity contribution >= 4 is 34.8 Å². The van der Waals surface area contributed by atoms with Crippen LogP contribution in [0.1, 0.15) is 37.9 Å². The molecule has 1 saturated heterocycles. The first-order chi connectivity index (χ1) is 16.5. The summed E-state index contributed by atoms with van der Waals surface area (Å²) in [5.41, 5.74) is 1.00. The van der Waals surface area contributed by atoms with Gasteiger partial charge in [-0.25, -0.2) is 4.79 Å². The lowest BCUT2D eigenvalue weighted by Crippen LogP contribution is -2.33. The van der Waals surface area contributed by atoms with Crippen LogP contribution in [0.5, 0.6) is 0 Å². The normalized spacial score (nSPS) is 16.4. The zero-order chi connectivity index (χ0) is 24.5. The van der Waals surface area contributed by atoms with E-state index in [1.807, 2.05) is 30.3 Å². The van der Waals surface area contributed by atoms with Crippen molar-refractivity contribution in [1.82, 2.24) is 9.47 Å². The van der Waals surface area contributed by atoms with Crippen LogP contribution in [0.25, 0.3) is 11.8 Å². The number of nitriles is 1. The van der Waals surface area contributed by atoms with Crippen LogP contribution < -0.4 is 20.1 Å². The molecule has 0 spiro atoms. The number of hydrogen-bond acceptors (Lipinski definition) is 8. The highest BCUT2D eigenvalue weighted by Gasteiger charge is 2.17. The van der Waals surface area contributed by atoms with Crippen molar-refractivity contribution in [3.05, 3.63) is 62.0 Å². The maximum absolute atomic E-state index is 12.9. The van der Waals surface area contributed by atoms with E-state index < -0.39 is 12.1 Å². The molecule has 1 aliphatic heterocycles. The minimum absolute atomic E-state index is 0.0216. The number of piperidine rings is 1. The summed E-state index contributed by atoms with van der Waals surface area (Å²) in [4.78, 5) is 27.4. The van der Waals surface area contributed by atoms with E-state index in [1.54, 1.807) is 13.1 Å². The number of aliphatic hydroxyl groups excluding tert-OH is 1. The monoisotopic (exact) mass is 482 g/mol. The van der Waals surface area contributed by atoms with Gasteiger partial charge >= 0.3 is 5.97 Å². The van der Waals surface area contributed by atoms with E-state index in [1.165, 1.54) is 17.1 Å². The number of ether oxygens (including phenoxy) is 1. The van der Waals surface area contributed by atoms with Crippen LogP contribution in [0.15, 0.2) is 41.7 Å². The zero-order valence-electron chi connectivity index (χ0n) is 19.3. The molecule has 180 valence electrons. The summed E-state index contributed by atoms with van der Waals surface area (Å²) in [5, 5.41) is 23.3. The van der Waals surface area contributed by atoms with Gasteiger partial charge in [0, 0.05) is 25.0 Å². The summed E-state index contributed by atoms with van der Waals surface area (Å²) in [6.07, 6.45) is 5.95. The number of carbonyl (C=O) groups is 1. The molecule has 0 aliphatic carbocycles. The molecule has 9 heteroatoms. The summed E-state index contributed by atoms with van der Waals surface area (Å²) < 4.78 is 6.97. The average Bonchev–Trinajstić information content (AvgIpc) is 3.17.